The first-order chi connectivity index (χ1) is 7.73. The van der Waals surface area contributed by atoms with E-state index >= 15 is 0 Å². The summed E-state index contributed by atoms with van der Waals surface area (Å²) in [5.74, 6) is -1.08. The van der Waals surface area contributed by atoms with Crippen LogP contribution in [-0.2, 0) is 9.13 Å². The number of para-hydroxylation sites is 2. The monoisotopic (exact) mass is 282 g/mol. The topological polar surface area (TPSA) is 113 Å². The first-order valence-corrected chi connectivity index (χ1v) is 7.98. The van der Waals surface area contributed by atoms with Gasteiger partial charge in [-0.1, -0.05) is 12.1 Å². The second-order valence-corrected chi connectivity index (χ2v) is 7.10. The molecule has 0 aromatic heterocycles. The third kappa shape index (κ3) is 4.89. The summed E-state index contributed by atoms with van der Waals surface area (Å²) in [6, 6.07) is 6.01. The zero-order chi connectivity index (χ0) is 13.1. The number of methoxy groups -OCH3 is 1. The Bertz CT molecular complexity index is 481. The largest absolute Gasteiger partial charge is 0.493 e. The summed E-state index contributed by atoms with van der Waals surface area (Å²) in [5.41, 5.74) is 0. The molecule has 1 rings (SSSR count). The Kier molecular flexibility index (Phi) is 4.36. The number of rotatable bonds is 5. The average Bonchev–Trinajstić information content (AvgIpc) is 2.14. The Balaban J connectivity index is 2.90. The van der Waals surface area contributed by atoms with E-state index in [4.69, 9.17) is 19.0 Å². The minimum Gasteiger partial charge on any atom is -0.493 e. The molecule has 9 heteroatoms. The number of hydrogen-bond acceptors (Lipinski definition) is 4. The zero-order valence-electron chi connectivity index (χ0n) is 8.89. The van der Waals surface area contributed by atoms with Crippen molar-refractivity contribution >= 4 is 15.2 Å². The van der Waals surface area contributed by atoms with Gasteiger partial charge in [0.1, 0.15) is 0 Å². The van der Waals surface area contributed by atoms with Crippen molar-refractivity contribution in [3.8, 4) is 11.5 Å². The third-order valence-electron chi connectivity index (χ3n) is 1.67. The number of hydrogen-bond donors (Lipinski definition) is 3. The SMILES string of the molecule is COc1ccccc1OP(=O)(O)CP(=O)(O)O. The molecule has 0 saturated heterocycles. The molecule has 3 N–H and O–H groups in total. The van der Waals surface area contributed by atoms with E-state index in [0.29, 0.717) is 0 Å². The van der Waals surface area contributed by atoms with Gasteiger partial charge in [0.05, 0.1) is 7.11 Å². The van der Waals surface area contributed by atoms with Crippen molar-refractivity contribution in [3.63, 3.8) is 0 Å². The summed E-state index contributed by atoms with van der Waals surface area (Å²) in [6.45, 7) is 0. The molecule has 0 saturated carbocycles. The van der Waals surface area contributed by atoms with Crippen LogP contribution in [0.1, 0.15) is 0 Å². The van der Waals surface area contributed by atoms with E-state index in [0.717, 1.165) is 0 Å². The highest BCUT2D eigenvalue weighted by Gasteiger charge is 2.32. The summed E-state index contributed by atoms with van der Waals surface area (Å²) in [7, 11) is -7.71. The van der Waals surface area contributed by atoms with E-state index in [1.54, 1.807) is 6.07 Å². The predicted octanol–water partition coefficient (Wildman–Crippen LogP) is 1.39. The highest BCUT2D eigenvalue weighted by molar-refractivity contribution is 7.70. The molecule has 1 aromatic carbocycles. The van der Waals surface area contributed by atoms with Crippen molar-refractivity contribution < 1.29 is 33.1 Å². The van der Waals surface area contributed by atoms with Gasteiger partial charge in [-0.25, -0.2) is 4.57 Å². The fourth-order valence-electron chi connectivity index (χ4n) is 1.11. The normalized spacial score (nSPS) is 15.1. The minimum atomic E-state index is -4.63. The lowest BCUT2D eigenvalue weighted by Gasteiger charge is -2.15. The van der Waals surface area contributed by atoms with E-state index in [2.05, 4.69) is 0 Å². The third-order valence-corrected chi connectivity index (χ3v) is 5.06. The van der Waals surface area contributed by atoms with Crippen LogP contribution < -0.4 is 9.26 Å². The van der Waals surface area contributed by atoms with Gasteiger partial charge in [-0.3, -0.25) is 4.57 Å². The lowest BCUT2D eigenvalue weighted by atomic mass is 10.3. The van der Waals surface area contributed by atoms with Crippen LogP contribution in [0.4, 0.5) is 0 Å². The van der Waals surface area contributed by atoms with Crippen LogP contribution >= 0.6 is 15.2 Å². The second-order valence-electron chi connectivity index (χ2n) is 3.19. The zero-order valence-corrected chi connectivity index (χ0v) is 10.7. The van der Waals surface area contributed by atoms with Crippen LogP contribution in [0.5, 0.6) is 11.5 Å². The number of benzene rings is 1. The van der Waals surface area contributed by atoms with Gasteiger partial charge >= 0.3 is 15.2 Å². The van der Waals surface area contributed by atoms with Crippen LogP contribution in [-0.4, -0.2) is 27.7 Å². The van der Waals surface area contributed by atoms with Crippen molar-refractivity contribution in [3.05, 3.63) is 24.3 Å². The average molecular weight is 282 g/mol. The number of ether oxygens (including phenoxy) is 1. The second kappa shape index (κ2) is 5.21. The van der Waals surface area contributed by atoms with Crippen LogP contribution in [0.3, 0.4) is 0 Å². The van der Waals surface area contributed by atoms with E-state index < -0.39 is 21.1 Å². The van der Waals surface area contributed by atoms with Gasteiger partial charge in [-0.2, -0.15) is 0 Å². The highest BCUT2D eigenvalue weighted by Crippen LogP contribution is 2.56. The molecule has 0 amide bonds. The van der Waals surface area contributed by atoms with Crippen molar-refractivity contribution in [2.45, 2.75) is 0 Å². The van der Waals surface area contributed by atoms with Crippen molar-refractivity contribution in [1.29, 1.82) is 0 Å². The molecular weight excluding hydrogens is 270 g/mol. The maximum atomic E-state index is 11.5. The maximum Gasteiger partial charge on any atom is 0.388 e. The van der Waals surface area contributed by atoms with E-state index in [1.165, 1.54) is 25.3 Å². The van der Waals surface area contributed by atoms with Crippen LogP contribution in [0.15, 0.2) is 24.3 Å². The van der Waals surface area contributed by atoms with Gasteiger partial charge in [-0.15, -0.1) is 0 Å². The Morgan fingerprint density at radius 2 is 1.65 bits per heavy atom. The van der Waals surface area contributed by atoms with Gasteiger partial charge in [0.25, 0.3) is 0 Å². The Hall–Kier alpha value is -0.840. The van der Waals surface area contributed by atoms with Gasteiger partial charge in [-0.05, 0) is 12.1 Å². The Labute approximate surface area is 97.7 Å². The molecule has 0 aliphatic rings. The summed E-state index contributed by atoms with van der Waals surface area (Å²) in [5, 5.41) is 0. The van der Waals surface area contributed by atoms with Crippen LogP contribution in [0.2, 0.25) is 0 Å². The summed E-state index contributed by atoms with van der Waals surface area (Å²) in [4.78, 5) is 26.6. The summed E-state index contributed by atoms with van der Waals surface area (Å²) >= 11 is 0. The molecule has 0 spiro atoms. The molecule has 0 aliphatic heterocycles. The van der Waals surface area contributed by atoms with Crippen molar-refractivity contribution in [2.75, 3.05) is 13.0 Å². The Morgan fingerprint density at radius 1 is 1.12 bits per heavy atom. The molecule has 7 nitrogen and oxygen atoms in total. The van der Waals surface area contributed by atoms with Gasteiger partial charge in [0.2, 0.25) is 0 Å². The van der Waals surface area contributed by atoms with Gasteiger partial charge in [0.15, 0.2) is 17.4 Å². The van der Waals surface area contributed by atoms with Gasteiger partial charge in [0, 0.05) is 0 Å². The summed E-state index contributed by atoms with van der Waals surface area (Å²) in [6.07, 6.45) is 0. The molecule has 0 bridgehead atoms. The standard InChI is InChI=1S/C8H12O7P2/c1-14-7-4-2-3-5-8(7)15-17(12,13)6-16(9,10)11/h2-5H,6H2,1H3,(H,12,13)(H2,9,10,11). The van der Waals surface area contributed by atoms with E-state index in [-0.39, 0.29) is 11.5 Å². The molecule has 96 valence electrons. The predicted molar refractivity (Wildman–Crippen MR) is 60.4 cm³/mol. The Morgan fingerprint density at radius 3 is 2.12 bits per heavy atom. The molecular formula is C8H12O7P2. The smallest absolute Gasteiger partial charge is 0.388 e. The van der Waals surface area contributed by atoms with Crippen molar-refractivity contribution in [2.24, 2.45) is 0 Å². The fourth-order valence-corrected chi connectivity index (χ4v) is 3.66. The molecule has 0 fully saturated rings. The summed E-state index contributed by atoms with van der Waals surface area (Å²) < 4.78 is 31.7. The molecule has 17 heavy (non-hydrogen) atoms. The lowest BCUT2D eigenvalue weighted by Crippen LogP contribution is -1.99. The molecule has 1 unspecified atom stereocenters. The molecule has 1 atom stereocenters. The highest BCUT2D eigenvalue weighted by atomic mass is 31.2. The maximum absolute atomic E-state index is 11.5. The van der Waals surface area contributed by atoms with E-state index in [9.17, 15) is 14.0 Å². The first-order valence-electron chi connectivity index (χ1n) is 4.42. The molecule has 1 aromatic rings. The minimum absolute atomic E-state index is 0.0470. The van der Waals surface area contributed by atoms with Crippen LogP contribution in [0, 0.1) is 0 Å². The fraction of sp³-hybridized carbons (Fsp3) is 0.250. The first kappa shape index (κ1) is 14.2. The molecule has 0 radical (unpaired) electrons. The van der Waals surface area contributed by atoms with Crippen molar-refractivity contribution in [1.82, 2.24) is 0 Å². The quantitative estimate of drug-likeness (QED) is 0.699. The van der Waals surface area contributed by atoms with Crippen LogP contribution in [0.25, 0.3) is 0 Å². The molecule has 0 heterocycles. The lowest BCUT2D eigenvalue weighted by molar-refractivity contribution is 0.348. The van der Waals surface area contributed by atoms with E-state index in [1.807, 2.05) is 0 Å². The molecule has 0 aliphatic carbocycles. The van der Waals surface area contributed by atoms with Gasteiger partial charge < -0.3 is 23.9 Å².